The highest BCUT2D eigenvalue weighted by Crippen LogP contribution is 2.46. The van der Waals surface area contributed by atoms with Crippen LogP contribution in [0.2, 0.25) is 0 Å². The molecule has 3 atom stereocenters. The molecule has 4 aliphatic rings. The van der Waals surface area contributed by atoms with Crippen molar-refractivity contribution in [3.05, 3.63) is 47.2 Å². The summed E-state index contributed by atoms with van der Waals surface area (Å²) >= 11 is 0. The molecule has 3 nitrogen and oxygen atoms in total. The number of hydrogen-bond donors (Lipinski definition) is 1. The van der Waals surface area contributed by atoms with Crippen LogP contribution in [0.25, 0.3) is 0 Å². The Bertz CT molecular complexity index is 580. The minimum absolute atomic E-state index is 0.172. The van der Waals surface area contributed by atoms with Gasteiger partial charge >= 0.3 is 0 Å². The van der Waals surface area contributed by atoms with Gasteiger partial charge in [0.25, 0.3) is 0 Å². The minimum atomic E-state index is 0.172. The van der Waals surface area contributed by atoms with E-state index in [0.29, 0.717) is 17.9 Å². The molecule has 2 aliphatic heterocycles. The smallest absolute Gasteiger partial charge is 0.0654 e. The Morgan fingerprint density at radius 1 is 1.47 bits per heavy atom. The van der Waals surface area contributed by atoms with Crippen molar-refractivity contribution in [1.29, 1.82) is 0 Å². The summed E-state index contributed by atoms with van der Waals surface area (Å²) in [6.07, 6.45) is 12.0. The van der Waals surface area contributed by atoms with Crippen molar-refractivity contribution >= 4 is 5.71 Å². The Kier molecular flexibility index (Phi) is 2.41. The molecule has 0 aromatic carbocycles. The first-order chi connectivity index (χ1) is 9.28. The molecule has 4 rings (SSSR count). The molecular formula is C16H18N2O. The third-order valence-corrected chi connectivity index (χ3v) is 4.82. The Morgan fingerprint density at radius 2 is 2.37 bits per heavy atom. The van der Waals surface area contributed by atoms with Gasteiger partial charge in [0, 0.05) is 30.6 Å². The number of likely N-dealkylation sites (N-methyl/N-ethyl adjacent to an activating group) is 1. The van der Waals surface area contributed by atoms with Gasteiger partial charge in [0.15, 0.2) is 0 Å². The highest BCUT2D eigenvalue weighted by molar-refractivity contribution is 6.04. The van der Waals surface area contributed by atoms with Crippen molar-refractivity contribution in [3.63, 3.8) is 0 Å². The summed E-state index contributed by atoms with van der Waals surface area (Å²) in [5, 5.41) is 9.45. The molecule has 98 valence electrons. The predicted octanol–water partition coefficient (Wildman–Crippen LogP) is 1.69. The normalized spacial score (nSPS) is 36.0. The van der Waals surface area contributed by atoms with Crippen LogP contribution in [0, 0.1) is 11.8 Å². The van der Waals surface area contributed by atoms with Crippen molar-refractivity contribution in [2.24, 2.45) is 16.8 Å². The number of allylic oxidation sites excluding steroid dienone is 3. The van der Waals surface area contributed by atoms with Crippen molar-refractivity contribution in [1.82, 2.24) is 4.90 Å². The SMILES string of the molecule is CN1CC(CO)=C[C@@H]2C3=CC=CC4=NC=C(C[C@H]21)C34. The van der Waals surface area contributed by atoms with E-state index in [9.17, 15) is 5.11 Å². The molecule has 0 radical (unpaired) electrons. The molecule has 0 aromatic heterocycles. The molecule has 3 heteroatoms. The zero-order chi connectivity index (χ0) is 13.0. The molecular weight excluding hydrogens is 236 g/mol. The van der Waals surface area contributed by atoms with Gasteiger partial charge in [0.05, 0.1) is 12.3 Å². The van der Waals surface area contributed by atoms with E-state index in [4.69, 9.17) is 0 Å². The molecule has 1 saturated carbocycles. The zero-order valence-corrected chi connectivity index (χ0v) is 11.1. The topological polar surface area (TPSA) is 35.8 Å². The second-order valence-electron chi connectivity index (χ2n) is 5.91. The van der Waals surface area contributed by atoms with E-state index in [1.165, 1.54) is 16.9 Å². The second-order valence-corrected chi connectivity index (χ2v) is 5.91. The minimum Gasteiger partial charge on any atom is -0.392 e. The van der Waals surface area contributed by atoms with E-state index in [2.05, 4.69) is 47.4 Å². The number of fused-ring (bicyclic) bond motifs is 2. The van der Waals surface area contributed by atoms with Crippen LogP contribution >= 0.6 is 0 Å². The number of aliphatic hydroxyl groups excluding tert-OH is 1. The average Bonchev–Trinajstić information content (AvgIpc) is 2.85. The molecule has 19 heavy (non-hydrogen) atoms. The highest BCUT2D eigenvalue weighted by Gasteiger charge is 2.43. The van der Waals surface area contributed by atoms with Crippen LogP contribution in [0.3, 0.4) is 0 Å². The largest absolute Gasteiger partial charge is 0.392 e. The van der Waals surface area contributed by atoms with Crippen LogP contribution in [-0.4, -0.2) is 42.0 Å². The summed E-state index contributed by atoms with van der Waals surface area (Å²) in [7, 11) is 2.16. The molecule has 2 heterocycles. The molecule has 1 unspecified atom stereocenters. The first-order valence-electron chi connectivity index (χ1n) is 6.93. The second kappa shape index (κ2) is 4.02. The number of nitrogens with zero attached hydrogens (tertiary/aromatic N) is 2. The molecule has 0 saturated heterocycles. The number of rotatable bonds is 1. The van der Waals surface area contributed by atoms with Crippen molar-refractivity contribution in [2.45, 2.75) is 12.5 Å². The maximum atomic E-state index is 9.45. The fraction of sp³-hybridized carbons (Fsp3) is 0.438. The Morgan fingerprint density at radius 3 is 3.21 bits per heavy atom. The van der Waals surface area contributed by atoms with Crippen LogP contribution in [0.5, 0.6) is 0 Å². The fourth-order valence-corrected chi connectivity index (χ4v) is 3.92. The van der Waals surface area contributed by atoms with E-state index >= 15 is 0 Å². The van der Waals surface area contributed by atoms with Gasteiger partial charge in [-0.1, -0.05) is 18.2 Å². The lowest BCUT2D eigenvalue weighted by atomic mass is 9.67. The van der Waals surface area contributed by atoms with Crippen LogP contribution in [0.15, 0.2) is 52.2 Å². The van der Waals surface area contributed by atoms with Gasteiger partial charge in [-0.2, -0.15) is 0 Å². The molecule has 2 aliphatic carbocycles. The quantitative estimate of drug-likeness (QED) is 0.723. The average molecular weight is 254 g/mol. The van der Waals surface area contributed by atoms with Gasteiger partial charge < -0.3 is 5.11 Å². The molecule has 0 aromatic rings. The Balaban J connectivity index is 1.81. The summed E-state index contributed by atoms with van der Waals surface area (Å²) in [5.74, 6) is 0.838. The molecule has 1 fully saturated rings. The van der Waals surface area contributed by atoms with E-state index in [1.54, 1.807) is 0 Å². The van der Waals surface area contributed by atoms with E-state index < -0.39 is 0 Å². The maximum absolute atomic E-state index is 9.45. The van der Waals surface area contributed by atoms with Crippen molar-refractivity contribution < 1.29 is 5.11 Å². The van der Waals surface area contributed by atoms with Crippen LogP contribution in [0.1, 0.15) is 6.42 Å². The predicted molar refractivity (Wildman–Crippen MR) is 75.9 cm³/mol. The van der Waals surface area contributed by atoms with Gasteiger partial charge in [0.2, 0.25) is 0 Å². The molecule has 0 bridgehead atoms. The van der Waals surface area contributed by atoms with Gasteiger partial charge in [0.1, 0.15) is 0 Å². The number of aliphatic imine (C=N–C) groups is 1. The monoisotopic (exact) mass is 254 g/mol. The Labute approximate surface area is 113 Å². The molecule has 1 N–H and O–H groups in total. The van der Waals surface area contributed by atoms with E-state index in [-0.39, 0.29) is 6.61 Å². The zero-order valence-electron chi connectivity index (χ0n) is 11.1. The van der Waals surface area contributed by atoms with E-state index in [0.717, 1.165) is 18.5 Å². The van der Waals surface area contributed by atoms with Crippen LogP contribution in [0.4, 0.5) is 0 Å². The molecule has 0 spiro atoms. The number of aliphatic hydroxyl groups is 1. The van der Waals surface area contributed by atoms with Crippen LogP contribution < -0.4 is 0 Å². The van der Waals surface area contributed by atoms with Crippen molar-refractivity contribution in [2.75, 3.05) is 20.2 Å². The third-order valence-electron chi connectivity index (χ3n) is 4.82. The standard InChI is InChI=1S/C16H18N2O/c1-18-8-10(9-19)5-13-12-3-2-4-14-16(12)11(7-17-14)6-15(13)18/h2-5,7,13,15-16,19H,6,8-9H2,1H3/t13-,15-,16?/m1/s1. The lowest BCUT2D eigenvalue weighted by molar-refractivity contribution is 0.182. The third kappa shape index (κ3) is 1.55. The van der Waals surface area contributed by atoms with Gasteiger partial charge in [-0.25, -0.2) is 0 Å². The fourth-order valence-electron chi connectivity index (χ4n) is 3.92. The first-order valence-corrected chi connectivity index (χ1v) is 6.93. The van der Waals surface area contributed by atoms with Gasteiger partial charge in [-0.3, -0.25) is 9.89 Å². The maximum Gasteiger partial charge on any atom is 0.0654 e. The summed E-state index contributed by atoms with van der Waals surface area (Å²) in [4.78, 5) is 6.94. The number of hydrogen-bond acceptors (Lipinski definition) is 3. The first kappa shape index (κ1) is 11.4. The van der Waals surface area contributed by atoms with Gasteiger partial charge in [-0.05, 0) is 36.3 Å². The van der Waals surface area contributed by atoms with Gasteiger partial charge in [-0.15, -0.1) is 0 Å². The summed E-state index contributed by atoms with van der Waals surface area (Å²) in [6, 6.07) is 0.519. The highest BCUT2D eigenvalue weighted by atomic mass is 16.3. The van der Waals surface area contributed by atoms with E-state index in [1.807, 2.05) is 0 Å². The van der Waals surface area contributed by atoms with Crippen molar-refractivity contribution in [3.8, 4) is 0 Å². The van der Waals surface area contributed by atoms with Crippen LogP contribution in [-0.2, 0) is 0 Å². The molecule has 0 amide bonds. The lowest BCUT2D eigenvalue weighted by Gasteiger charge is -2.45. The summed E-state index contributed by atoms with van der Waals surface area (Å²) in [5.41, 5.74) is 5.25. The lowest BCUT2D eigenvalue weighted by Crippen LogP contribution is -2.48. The Hall–Kier alpha value is -1.45. The summed E-state index contributed by atoms with van der Waals surface area (Å²) < 4.78 is 0. The summed E-state index contributed by atoms with van der Waals surface area (Å²) in [6.45, 7) is 1.05.